The predicted octanol–water partition coefficient (Wildman–Crippen LogP) is 2.75. The number of amides is 2. The van der Waals surface area contributed by atoms with Gasteiger partial charge in [-0.05, 0) is 31.7 Å². The molecule has 5 nitrogen and oxygen atoms in total. The molecule has 2 rings (SSSR count). The number of nitrogens with zero attached hydrogens (tertiary/aromatic N) is 1. The number of urea groups is 1. The van der Waals surface area contributed by atoms with Crippen LogP contribution >= 0.6 is 11.3 Å². The number of carbonyl (C=O) groups excluding carboxylic acids is 1. The number of benzene rings is 1. The third-order valence-electron chi connectivity index (χ3n) is 3.01. The summed E-state index contributed by atoms with van der Waals surface area (Å²) in [4.78, 5) is 16.7. The van der Waals surface area contributed by atoms with Crippen LogP contribution in [0, 0.1) is 0 Å². The van der Waals surface area contributed by atoms with E-state index < -0.39 is 0 Å². The molecule has 0 saturated carbocycles. The molecule has 1 unspecified atom stereocenters. The second-order valence-corrected chi connectivity index (χ2v) is 5.38. The maximum absolute atomic E-state index is 11.7. The zero-order valence-electron chi connectivity index (χ0n) is 11.5. The highest BCUT2D eigenvalue weighted by Crippen LogP contribution is 2.15. The molecule has 0 fully saturated rings. The first-order valence-corrected chi connectivity index (χ1v) is 7.26. The normalized spacial score (nSPS) is 11.9. The van der Waals surface area contributed by atoms with E-state index in [0.717, 1.165) is 10.6 Å². The fourth-order valence-corrected chi connectivity index (χ4v) is 2.23. The Morgan fingerprint density at radius 1 is 1.35 bits per heavy atom. The molecule has 106 valence electrons. The van der Waals surface area contributed by atoms with Crippen LogP contribution in [0.1, 0.15) is 23.4 Å². The van der Waals surface area contributed by atoms with Crippen molar-refractivity contribution in [2.75, 3.05) is 12.4 Å². The van der Waals surface area contributed by atoms with Crippen LogP contribution in [0.25, 0.3) is 0 Å². The summed E-state index contributed by atoms with van der Waals surface area (Å²) in [6, 6.07) is 7.88. The molecule has 6 heteroatoms. The fourth-order valence-electron chi connectivity index (χ4n) is 1.69. The topological polar surface area (TPSA) is 66.0 Å². The molecule has 0 aliphatic carbocycles. The van der Waals surface area contributed by atoms with E-state index in [-0.39, 0.29) is 6.03 Å². The van der Waals surface area contributed by atoms with Crippen LogP contribution < -0.4 is 16.0 Å². The van der Waals surface area contributed by atoms with Gasteiger partial charge in [0.1, 0.15) is 0 Å². The zero-order chi connectivity index (χ0) is 14.4. The van der Waals surface area contributed by atoms with E-state index in [1.54, 1.807) is 11.7 Å². The highest BCUT2D eigenvalue weighted by atomic mass is 32.1. The average Bonchev–Trinajstić information content (AvgIpc) is 2.98. The molecular weight excluding hydrogens is 272 g/mol. The summed E-state index contributed by atoms with van der Waals surface area (Å²) in [5.74, 6) is 0. The van der Waals surface area contributed by atoms with Crippen molar-refractivity contribution in [3.05, 3.63) is 46.4 Å². The van der Waals surface area contributed by atoms with E-state index in [1.807, 2.05) is 31.3 Å². The molecule has 1 heterocycles. The molecule has 0 radical (unpaired) electrons. The number of nitrogens with one attached hydrogen (secondary N) is 3. The van der Waals surface area contributed by atoms with E-state index in [2.05, 4.69) is 27.9 Å². The van der Waals surface area contributed by atoms with Crippen LogP contribution in [0.15, 0.2) is 36.0 Å². The quantitative estimate of drug-likeness (QED) is 0.793. The van der Waals surface area contributed by atoms with E-state index in [9.17, 15) is 4.79 Å². The molecule has 0 bridgehead atoms. The Kier molecular flexibility index (Phi) is 5.09. The first kappa shape index (κ1) is 14.5. The van der Waals surface area contributed by atoms with Crippen molar-refractivity contribution < 1.29 is 4.79 Å². The van der Waals surface area contributed by atoms with Gasteiger partial charge in [0, 0.05) is 22.8 Å². The summed E-state index contributed by atoms with van der Waals surface area (Å²) in [6.07, 6.45) is 1.75. The second kappa shape index (κ2) is 7.02. The Morgan fingerprint density at radius 2 is 2.10 bits per heavy atom. The molecule has 0 saturated heterocycles. The zero-order valence-corrected chi connectivity index (χ0v) is 12.3. The van der Waals surface area contributed by atoms with E-state index in [1.165, 1.54) is 16.9 Å². The van der Waals surface area contributed by atoms with Crippen molar-refractivity contribution >= 4 is 23.1 Å². The Labute approximate surface area is 122 Å². The lowest BCUT2D eigenvalue weighted by Gasteiger charge is -2.12. The molecule has 0 spiro atoms. The van der Waals surface area contributed by atoms with Crippen LogP contribution in [-0.4, -0.2) is 18.1 Å². The number of thiazole rings is 1. The number of carbonyl (C=O) groups is 1. The molecule has 2 amide bonds. The number of anilines is 1. The van der Waals surface area contributed by atoms with E-state index in [4.69, 9.17) is 0 Å². The van der Waals surface area contributed by atoms with Gasteiger partial charge in [0.15, 0.2) is 0 Å². The van der Waals surface area contributed by atoms with Gasteiger partial charge in [-0.1, -0.05) is 12.1 Å². The Hall–Kier alpha value is -1.92. The van der Waals surface area contributed by atoms with Crippen LogP contribution in [0.5, 0.6) is 0 Å². The Morgan fingerprint density at radius 3 is 2.70 bits per heavy atom. The molecule has 20 heavy (non-hydrogen) atoms. The van der Waals surface area contributed by atoms with Gasteiger partial charge in [-0.15, -0.1) is 11.3 Å². The molecule has 0 aliphatic rings. The van der Waals surface area contributed by atoms with Crippen LogP contribution in [0.3, 0.4) is 0 Å². The van der Waals surface area contributed by atoms with Crippen LogP contribution in [0.2, 0.25) is 0 Å². The molecular formula is C14H18N4OS. The van der Waals surface area contributed by atoms with Crippen molar-refractivity contribution in [3.8, 4) is 0 Å². The maximum Gasteiger partial charge on any atom is 0.319 e. The van der Waals surface area contributed by atoms with Crippen molar-refractivity contribution in [1.82, 2.24) is 15.6 Å². The Balaban J connectivity index is 1.84. The molecule has 3 N–H and O–H groups in total. The highest BCUT2D eigenvalue weighted by Gasteiger charge is 2.04. The Bertz CT molecular complexity index is 539. The van der Waals surface area contributed by atoms with Crippen molar-refractivity contribution in [2.45, 2.75) is 19.5 Å². The minimum atomic E-state index is -0.215. The van der Waals surface area contributed by atoms with Gasteiger partial charge in [-0.25, -0.2) is 4.79 Å². The van der Waals surface area contributed by atoms with Crippen molar-refractivity contribution in [2.24, 2.45) is 0 Å². The number of hydrogen-bond acceptors (Lipinski definition) is 4. The standard InChI is InChI=1S/C14H18N4OS/c1-10(15-2)11-3-5-12(6-4-11)18-14(19)17-8-13-7-16-9-20-13/h3-7,9-10,15H,8H2,1-2H3,(H2,17,18,19). The monoisotopic (exact) mass is 290 g/mol. The number of aromatic nitrogens is 1. The third-order valence-corrected chi connectivity index (χ3v) is 3.79. The molecule has 1 atom stereocenters. The van der Waals surface area contributed by atoms with Crippen molar-refractivity contribution in [1.29, 1.82) is 0 Å². The van der Waals surface area contributed by atoms with E-state index in [0.29, 0.717) is 12.6 Å². The maximum atomic E-state index is 11.7. The van der Waals surface area contributed by atoms with Crippen LogP contribution in [-0.2, 0) is 6.54 Å². The summed E-state index contributed by atoms with van der Waals surface area (Å²) >= 11 is 1.52. The fraction of sp³-hybridized carbons (Fsp3) is 0.286. The second-order valence-electron chi connectivity index (χ2n) is 4.41. The first-order valence-electron chi connectivity index (χ1n) is 6.38. The lowest BCUT2D eigenvalue weighted by molar-refractivity contribution is 0.252. The van der Waals surface area contributed by atoms with Gasteiger partial charge >= 0.3 is 6.03 Å². The van der Waals surface area contributed by atoms with Gasteiger partial charge in [-0.3, -0.25) is 4.98 Å². The highest BCUT2D eigenvalue weighted by molar-refractivity contribution is 7.09. The smallest absolute Gasteiger partial charge is 0.319 e. The molecule has 2 aromatic rings. The van der Waals surface area contributed by atoms with Crippen LogP contribution in [0.4, 0.5) is 10.5 Å². The van der Waals surface area contributed by atoms with Crippen molar-refractivity contribution in [3.63, 3.8) is 0 Å². The van der Waals surface area contributed by atoms with Gasteiger partial charge < -0.3 is 16.0 Å². The molecule has 1 aromatic heterocycles. The van der Waals surface area contributed by atoms with Gasteiger partial charge in [0.2, 0.25) is 0 Å². The van der Waals surface area contributed by atoms with Gasteiger partial charge in [-0.2, -0.15) is 0 Å². The third kappa shape index (κ3) is 4.04. The predicted molar refractivity (Wildman–Crippen MR) is 81.9 cm³/mol. The number of hydrogen-bond donors (Lipinski definition) is 3. The van der Waals surface area contributed by atoms with E-state index >= 15 is 0 Å². The number of rotatable bonds is 5. The summed E-state index contributed by atoms with van der Waals surface area (Å²) in [7, 11) is 1.92. The molecule has 1 aromatic carbocycles. The van der Waals surface area contributed by atoms with Gasteiger partial charge in [0.05, 0.1) is 12.1 Å². The summed E-state index contributed by atoms with van der Waals surface area (Å²) in [5.41, 5.74) is 3.71. The summed E-state index contributed by atoms with van der Waals surface area (Å²) in [5, 5.41) is 8.77. The minimum Gasteiger partial charge on any atom is -0.333 e. The lowest BCUT2D eigenvalue weighted by atomic mass is 10.1. The molecule has 0 aliphatic heterocycles. The van der Waals surface area contributed by atoms with Gasteiger partial charge in [0.25, 0.3) is 0 Å². The first-order chi connectivity index (χ1) is 9.69. The summed E-state index contributed by atoms with van der Waals surface area (Å²) < 4.78 is 0. The summed E-state index contributed by atoms with van der Waals surface area (Å²) in [6.45, 7) is 2.58. The lowest BCUT2D eigenvalue weighted by Crippen LogP contribution is -2.27. The average molecular weight is 290 g/mol. The largest absolute Gasteiger partial charge is 0.333 e. The SMILES string of the molecule is CNC(C)c1ccc(NC(=O)NCc2cncs2)cc1. The minimum absolute atomic E-state index is 0.215.